The number of benzene rings is 2. The molecule has 0 atom stereocenters. The third kappa shape index (κ3) is 4.52. The quantitative estimate of drug-likeness (QED) is 0.437. The first-order chi connectivity index (χ1) is 14.6. The molecule has 0 fully saturated rings. The molecule has 156 valence electrons. The fraction of sp³-hybridized carbons (Fsp3) is 0.190. The number of carbonyl (C=O) groups is 1. The van der Waals surface area contributed by atoms with E-state index >= 15 is 0 Å². The fourth-order valence-corrected chi connectivity index (χ4v) is 2.74. The highest BCUT2D eigenvalue weighted by Crippen LogP contribution is 2.31. The molecule has 2 N–H and O–H groups in total. The van der Waals surface area contributed by atoms with Gasteiger partial charge in [0.2, 0.25) is 0 Å². The van der Waals surface area contributed by atoms with Crippen molar-refractivity contribution in [2.75, 3.05) is 28.4 Å². The molecule has 1 aromatic heterocycles. The van der Waals surface area contributed by atoms with Gasteiger partial charge in [0, 0.05) is 5.56 Å². The molecule has 0 unspecified atom stereocenters. The number of hydrogen-bond donors (Lipinski definition) is 2. The van der Waals surface area contributed by atoms with Gasteiger partial charge in [0.15, 0.2) is 23.0 Å². The van der Waals surface area contributed by atoms with Crippen molar-refractivity contribution in [2.45, 2.75) is 0 Å². The lowest BCUT2D eigenvalue weighted by atomic mass is 10.1. The van der Waals surface area contributed by atoms with Crippen LogP contribution in [0.5, 0.6) is 23.0 Å². The van der Waals surface area contributed by atoms with Gasteiger partial charge in [-0.3, -0.25) is 9.89 Å². The molecule has 0 saturated heterocycles. The monoisotopic (exact) mass is 410 g/mol. The number of methoxy groups -OCH3 is 4. The van der Waals surface area contributed by atoms with Crippen molar-refractivity contribution in [1.82, 2.24) is 15.6 Å². The summed E-state index contributed by atoms with van der Waals surface area (Å²) < 4.78 is 21.0. The van der Waals surface area contributed by atoms with Crippen LogP contribution in [0, 0.1) is 0 Å². The van der Waals surface area contributed by atoms with E-state index in [0.29, 0.717) is 28.7 Å². The molecule has 0 saturated carbocycles. The minimum Gasteiger partial charge on any atom is -0.493 e. The Morgan fingerprint density at radius 1 is 0.900 bits per heavy atom. The summed E-state index contributed by atoms with van der Waals surface area (Å²) in [6.07, 6.45) is 1.51. The van der Waals surface area contributed by atoms with Crippen molar-refractivity contribution in [1.29, 1.82) is 0 Å². The van der Waals surface area contributed by atoms with Crippen LogP contribution >= 0.6 is 0 Å². The highest BCUT2D eigenvalue weighted by Gasteiger charge is 2.13. The second kappa shape index (κ2) is 9.46. The Hall–Kier alpha value is -4.01. The Kier molecular flexibility index (Phi) is 6.53. The van der Waals surface area contributed by atoms with Gasteiger partial charge in [-0.15, -0.1) is 0 Å². The standard InChI is InChI=1S/C21H22N4O5/c1-27-17-7-5-13(9-19(17)29-3)12-22-25-21(26)16-11-15(23-24-16)14-6-8-18(28-2)20(10-14)30-4/h5-12H,1-4H3,(H,23,24)(H,25,26). The zero-order chi connectivity index (χ0) is 21.5. The van der Waals surface area contributed by atoms with Gasteiger partial charge in [-0.2, -0.15) is 10.2 Å². The predicted molar refractivity (Wildman–Crippen MR) is 112 cm³/mol. The topological polar surface area (TPSA) is 107 Å². The lowest BCUT2D eigenvalue weighted by Crippen LogP contribution is -2.18. The normalized spacial score (nSPS) is 10.7. The number of hydrogen-bond acceptors (Lipinski definition) is 7. The number of hydrazone groups is 1. The Bertz CT molecular complexity index is 1060. The number of nitrogens with zero attached hydrogens (tertiary/aromatic N) is 2. The molecule has 3 aromatic rings. The highest BCUT2D eigenvalue weighted by atomic mass is 16.5. The van der Waals surface area contributed by atoms with E-state index in [0.717, 1.165) is 11.1 Å². The molecule has 0 aliphatic heterocycles. The minimum absolute atomic E-state index is 0.268. The molecule has 0 bridgehead atoms. The highest BCUT2D eigenvalue weighted by molar-refractivity contribution is 5.94. The molecule has 2 aromatic carbocycles. The van der Waals surface area contributed by atoms with Gasteiger partial charge >= 0.3 is 0 Å². The van der Waals surface area contributed by atoms with Crippen molar-refractivity contribution < 1.29 is 23.7 Å². The van der Waals surface area contributed by atoms with Crippen molar-refractivity contribution >= 4 is 12.1 Å². The van der Waals surface area contributed by atoms with Crippen LogP contribution in [0.1, 0.15) is 16.1 Å². The second-order valence-electron chi connectivity index (χ2n) is 6.05. The van der Waals surface area contributed by atoms with E-state index in [4.69, 9.17) is 18.9 Å². The first-order valence-corrected chi connectivity index (χ1v) is 8.92. The van der Waals surface area contributed by atoms with E-state index in [1.54, 1.807) is 64.8 Å². The van der Waals surface area contributed by atoms with E-state index in [9.17, 15) is 4.79 Å². The predicted octanol–water partition coefficient (Wildman–Crippen LogP) is 2.88. The van der Waals surface area contributed by atoms with Crippen molar-refractivity contribution in [3.8, 4) is 34.3 Å². The van der Waals surface area contributed by atoms with Gasteiger partial charge in [0.25, 0.3) is 5.91 Å². The van der Waals surface area contributed by atoms with Gasteiger partial charge in [0.1, 0.15) is 5.69 Å². The van der Waals surface area contributed by atoms with Gasteiger partial charge < -0.3 is 18.9 Å². The summed E-state index contributed by atoms with van der Waals surface area (Å²) >= 11 is 0. The van der Waals surface area contributed by atoms with Gasteiger partial charge in [0.05, 0.1) is 40.3 Å². The van der Waals surface area contributed by atoms with E-state index in [2.05, 4.69) is 20.7 Å². The Morgan fingerprint density at radius 3 is 2.20 bits per heavy atom. The summed E-state index contributed by atoms with van der Waals surface area (Å²) in [6.45, 7) is 0. The number of ether oxygens (including phenoxy) is 4. The average molecular weight is 410 g/mol. The van der Waals surface area contributed by atoms with Gasteiger partial charge in [-0.1, -0.05) is 0 Å². The molecular weight excluding hydrogens is 388 g/mol. The minimum atomic E-state index is -0.425. The molecule has 1 heterocycles. The van der Waals surface area contributed by atoms with E-state index in [1.165, 1.54) is 6.21 Å². The first kappa shape index (κ1) is 20.7. The molecular formula is C21H22N4O5. The molecule has 0 aliphatic rings. The van der Waals surface area contributed by atoms with Crippen LogP contribution in [0.15, 0.2) is 47.6 Å². The van der Waals surface area contributed by atoms with E-state index in [1.807, 2.05) is 6.07 Å². The van der Waals surface area contributed by atoms with Crippen molar-refractivity contribution in [3.05, 3.63) is 53.7 Å². The van der Waals surface area contributed by atoms with Crippen LogP contribution in [-0.4, -0.2) is 50.8 Å². The third-order valence-corrected chi connectivity index (χ3v) is 4.29. The number of aromatic amines is 1. The molecule has 0 aliphatic carbocycles. The van der Waals surface area contributed by atoms with Crippen LogP contribution in [0.25, 0.3) is 11.3 Å². The van der Waals surface area contributed by atoms with Gasteiger partial charge in [-0.05, 0) is 48.0 Å². The van der Waals surface area contributed by atoms with E-state index < -0.39 is 5.91 Å². The summed E-state index contributed by atoms with van der Waals surface area (Å²) in [5, 5.41) is 10.9. The SMILES string of the molecule is COc1ccc(C=NNC(=O)c2cc(-c3ccc(OC)c(OC)c3)n[nH]2)cc1OC. The lowest BCUT2D eigenvalue weighted by molar-refractivity contribution is 0.0950. The molecule has 3 rings (SSSR count). The van der Waals surface area contributed by atoms with Crippen LogP contribution in [-0.2, 0) is 0 Å². The number of rotatable bonds is 8. The van der Waals surface area contributed by atoms with Crippen molar-refractivity contribution in [3.63, 3.8) is 0 Å². The smallest absolute Gasteiger partial charge is 0.289 e. The van der Waals surface area contributed by atoms with Gasteiger partial charge in [-0.25, -0.2) is 5.43 Å². The number of aromatic nitrogens is 2. The second-order valence-corrected chi connectivity index (χ2v) is 6.05. The molecule has 9 heteroatoms. The summed E-state index contributed by atoms with van der Waals surface area (Å²) in [6, 6.07) is 12.3. The van der Waals surface area contributed by atoms with Crippen LogP contribution in [0.3, 0.4) is 0 Å². The maximum absolute atomic E-state index is 12.3. The first-order valence-electron chi connectivity index (χ1n) is 8.92. The van der Waals surface area contributed by atoms with E-state index in [-0.39, 0.29) is 5.69 Å². The summed E-state index contributed by atoms with van der Waals surface area (Å²) in [5.74, 6) is 1.94. The largest absolute Gasteiger partial charge is 0.493 e. The average Bonchev–Trinajstić information content (AvgIpc) is 3.28. The number of carbonyl (C=O) groups excluding carboxylic acids is 1. The maximum atomic E-state index is 12.3. The van der Waals surface area contributed by atoms with Crippen molar-refractivity contribution in [2.24, 2.45) is 5.10 Å². The number of nitrogens with one attached hydrogen (secondary N) is 2. The molecule has 0 radical (unpaired) electrons. The molecule has 1 amide bonds. The maximum Gasteiger partial charge on any atom is 0.289 e. The Balaban J connectivity index is 1.69. The molecule has 30 heavy (non-hydrogen) atoms. The Morgan fingerprint density at radius 2 is 1.53 bits per heavy atom. The summed E-state index contributed by atoms with van der Waals surface area (Å²) in [7, 11) is 6.24. The zero-order valence-electron chi connectivity index (χ0n) is 17.1. The van der Waals surface area contributed by atoms with Crippen LogP contribution < -0.4 is 24.4 Å². The molecule has 9 nitrogen and oxygen atoms in total. The number of amides is 1. The fourth-order valence-electron chi connectivity index (χ4n) is 2.74. The summed E-state index contributed by atoms with van der Waals surface area (Å²) in [4.78, 5) is 12.3. The Labute approximate surface area is 173 Å². The zero-order valence-corrected chi connectivity index (χ0v) is 17.1. The third-order valence-electron chi connectivity index (χ3n) is 4.29. The summed E-state index contributed by atoms with van der Waals surface area (Å²) in [5.41, 5.74) is 4.83. The van der Waals surface area contributed by atoms with Crippen LogP contribution in [0.4, 0.5) is 0 Å². The number of H-pyrrole nitrogens is 1. The lowest BCUT2D eigenvalue weighted by Gasteiger charge is -2.08. The molecule has 0 spiro atoms. The van der Waals surface area contributed by atoms with Crippen LogP contribution in [0.2, 0.25) is 0 Å².